The van der Waals surface area contributed by atoms with E-state index in [0.717, 1.165) is 0 Å². The van der Waals surface area contributed by atoms with Crippen LogP contribution < -0.4 is 9.05 Å². The zero-order chi connectivity index (χ0) is 15.0. The Hall–Kier alpha value is -1.77. The average Bonchev–Trinajstić information content (AvgIpc) is 2.49. The lowest BCUT2D eigenvalue weighted by Crippen LogP contribution is -2.06. The molecule has 0 amide bonds. The van der Waals surface area contributed by atoms with E-state index in [4.69, 9.17) is 14.2 Å². The van der Waals surface area contributed by atoms with Crippen molar-refractivity contribution in [3.05, 3.63) is 60.7 Å². The molecule has 2 rings (SSSR count). The summed E-state index contributed by atoms with van der Waals surface area (Å²) in [5, 5.41) is 8.87. The van der Waals surface area contributed by atoms with Crippen LogP contribution in [0.3, 0.4) is 0 Å². The fourth-order valence-electron chi connectivity index (χ4n) is 1.81. The predicted octanol–water partition coefficient (Wildman–Crippen LogP) is 4.11. The first kappa shape index (κ1) is 15.6. The first-order valence-corrected chi connectivity index (χ1v) is 8.64. The Bertz CT molecular complexity index is 526. The van der Waals surface area contributed by atoms with Crippen LogP contribution in [0.2, 0.25) is 0 Å². The van der Waals surface area contributed by atoms with E-state index < -0.39 is 7.60 Å². The first-order valence-electron chi connectivity index (χ1n) is 6.91. The van der Waals surface area contributed by atoms with Gasteiger partial charge in [0.2, 0.25) is 0 Å². The van der Waals surface area contributed by atoms with E-state index in [1.54, 1.807) is 24.3 Å². The Morgan fingerprint density at radius 3 is 1.71 bits per heavy atom. The van der Waals surface area contributed by atoms with E-state index in [9.17, 15) is 4.57 Å². The van der Waals surface area contributed by atoms with Gasteiger partial charge in [-0.15, -0.1) is 0 Å². The van der Waals surface area contributed by atoms with Gasteiger partial charge in [0.05, 0.1) is 6.16 Å². The summed E-state index contributed by atoms with van der Waals surface area (Å²) >= 11 is 0. The first-order chi connectivity index (χ1) is 10.2. The van der Waals surface area contributed by atoms with Crippen molar-refractivity contribution in [2.24, 2.45) is 0 Å². The fraction of sp³-hybridized carbons (Fsp3) is 0.250. The molecular weight excluding hydrogens is 287 g/mol. The van der Waals surface area contributed by atoms with E-state index in [2.05, 4.69) is 0 Å². The van der Waals surface area contributed by atoms with Gasteiger partial charge in [0, 0.05) is 6.61 Å². The molecule has 0 aromatic heterocycles. The molecule has 0 fully saturated rings. The molecule has 2 aromatic carbocycles. The molecule has 112 valence electrons. The second-order valence-electron chi connectivity index (χ2n) is 4.57. The standard InChI is InChI=1S/C16H19O4P/c17-13-7-8-14-21(18,19-15-9-3-1-4-10-15)20-16-11-5-2-6-12-16/h1-6,9-12,17H,7-8,13-14H2. The predicted molar refractivity (Wildman–Crippen MR) is 82.9 cm³/mol. The molecule has 0 saturated heterocycles. The van der Waals surface area contributed by atoms with Crippen molar-refractivity contribution in [1.82, 2.24) is 0 Å². The summed E-state index contributed by atoms with van der Waals surface area (Å²) in [7, 11) is -3.30. The maximum absolute atomic E-state index is 12.9. The van der Waals surface area contributed by atoms with E-state index >= 15 is 0 Å². The SMILES string of the molecule is O=P(CCCCO)(Oc1ccccc1)Oc1ccccc1. The molecule has 0 spiro atoms. The molecule has 0 saturated carbocycles. The number of hydrogen-bond acceptors (Lipinski definition) is 4. The normalized spacial score (nSPS) is 11.1. The van der Waals surface area contributed by atoms with Crippen molar-refractivity contribution in [2.45, 2.75) is 12.8 Å². The molecule has 21 heavy (non-hydrogen) atoms. The van der Waals surface area contributed by atoms with Crippen LogP contribution in [0.1, 0.15) is 12.8 Å². The Labute approximate surface area is 124 Å². The van der Waals surface area contributed by atoms with Gasteiger partial charge in [0.15, 0.2) is 0 Å². The zero-order valence-corrected chi connectivity index (χ0v) is 12.6. The van der Waals surface area contributed by atoms with Crippen LogP contribution in [0.25, 0.3) is 0 Å². The zero-order valence-electron chi connectivity index (χ0n) is 11.7. The number of hydrogen-bond donors (Lipinski definition) is 1. The third-order valence-electron chi connectivity index (χ3n) is 2.82. The Balaban J connectivity index is 2.11. The van der Waals surface area contributed by atoms with Gasteiger partial charge in [-0.25, -0.2) is 4.57 Å². The lowest BCUT2D eigenvalue weighted by molar-refractivity contribution is 0.285. The largest absolute Gasteiger partial charge is 0.430 e. The smallest absolute Gasteiger partial charge is 0.416 e. The summed E-state index contributed by atoms with van der Waals surface area (Å²) in [6.07, 6.45) is 1.41. The monoisotopic (exact) mass is 306 g/mol. The molecule has 4 nitrogen and oxygen atoms in total. The maximum atomic E-state index is 12.9. The van der Waals surface area contributed by atoms with E-state index in [1.165, 1.54) is 0 Å². The Morgan fingerprint density at radius 1 is 0.810 bits per heavy atom. The molecule has 0 unspecified atom stereocenters. The van der Waals surface area contributed by atoms with Crippen LogP contribution in [0.15, 0.2) is 60.7 Å². The molecule has 0 aliphatic rings. The van der Waals surface area contributed by atoms with Crippen LogP contribution in [0, 0.1) is 0 Å². The molecule has 5 heteroatoms. The van der Waals surface area contributed by atoms with E-state index in [1.807, 2.05) is 36.4 Å². The van der Waals surface area contributed by atoms with Crippen LogP contribution in [-0.2, 0) is 4.57 Å². The maximum Gasteiger partial charge on any atom is 0.430 e. The summed E-state index contributed by atoms with van der Waals surface area (Å²) in [6, 6.07) is 18.0. The number of aliphatic hydroxyl groups excluding tert-OH is 1. The number of unbranched alkanes of at least 4 members (excludes halogenated alkanes) is 1. The van der Waals surface area contributed by atoms with Crippen molar-refractivity contribution in [1.29, 1.82) is 0 Å². The molecule has 1 N–H and O–H groups in total. The van der Waals surface area contributed by atoms with Crippen molar-refractivity contribution < 1.29 is 18.7 Å². The van der Waals surface area contributed by atoms with Gasteiger partial charge in [-0.2, -0.15) is 0 Å². The minimum atomic E-state index is -3.30. The van der Waals surface area contributed by atoms with Gasteiger partial charge < -0.3 is 14.2 Å². The molecular formula is C16H19O4P. The van der Waals surface area contributed by atoms with E-state index in [0.29, 0.717) is 24.3 Å². The van der Waals surface area contributed by atoms with Gasteiger partial charge in [-0.05, 0) is 37.1 Å². The van der Waals surface area contributed by atoms with Crippen LogP contribution >= 0.6 is 7.60 Å². The number of benzene rings is 2. The Kier molecular flexibility index (Phi) is 5.85. The van der Waals surface area contributed by atoms with Gasteiger partial charge >= 0.3 is 7.60 Å². The summed E-state index contributed by atoms with van der Waals surface area (Å²) in [5.41, 5.74) is 0. The topological polar surface area (TPSA) is 55.8 Å². The molecule has 0 radical (unpaired) electrons. The van der Waals surface area contributed by atoms with Crippen molar-refractivity contribution in [3.8, 4) is 11.5 Å². The third kappa shape index (κ3) is 5.25. The number of para-hydroxylation sites is 2. The molecule has 2 aromatic rings. The minimum Gasteiger partial charge on any atom is -0.416 e. The second-order valence-corrected chi connectivity index (χ2v) is 6.61. The highest BCUT2D eigenvalue weighted by Gasteiger charge is 2.27. The third-order valence-corrected chi connectivity index (χ3v) is 4.66. The summed E-state index contributed by atoms with van der Waals surface area (Å²) < 4.78 is 24.1. The summed E-state index contributed by atoms with van der Waals surface area (Å²) in [4.78, 5) is 0. The fourth-order valence-corrected chi connectivity index (χ4v) is 3.53. The van der Waals surface area contributed by atoms with Gasteiger partial charge in [0.25, 0.3) is 0 Å². The van der Waals surface area contributed by atoms with Gasteiger partial charge in [-0.1, -0.05) is 36.4 Å². The average molecular weight is 306 g/mol. The molecule has 0 heterocycles. The van der Waals surface area contributed by atoms with E-state index in [-0.39, 0.29) is 12.8 Å². The highest BCUT2D eigenvalue weighted by Crippen LogP contribution is 2.49. The van der Waals surface area contributed by atoms with Crippen LogP contribution in [0.5, 0.6) is 11.5 Å². The molecule has 0 aliphatic heterocycles. The summed E-state index contributed by atoms with van der Waals surface area (Å²) in [5.74, 6) is 1.03. The van der Waals surface area contributed by atoms with Crippen molar-refractivity contribution in [3.63, 3.8) is 0 Å². The van der Waals surface area contributed by atoms with Crippen molar-refractivity contribution >= 4 is 7.60 Å². The van der Waals surface area contributed by atoms with Gasteiger partial charge in [0.1, 0.15) is 11.5 Å². The quantitative estimate of drug-likeness (QED) is 0.589. The lowest BCUT2D eigenvalue weighted by atomic mass is 10.3. The molecule has 0 aliphatic carbocycles. The number of rotatable bonds is 8. The number of aliphatic hydroxyl groups is 1. The molecule has 0 bridgehead atoms. The van der Waals surface area contributed by atoms with Crippen LogP contribution in [0.4, 0.5) is 0 Å². The van der Waals surface area contributed by atoms with Gasteiger partial charge in [-0.3, -0.25) is 0 Å². The van der Waals surface area contributed by atoms with Crippen LogP contribution in [-0.4, -0.2) is 17.9 Å². The van der Waals surface area contributed by atoms with Crippen molar-refractivity contribution in [2.75, 3.05) is 12.8 Å². The highest BCUT2D eigenvalue weighted by atomic mass is 31.2. The molecule has 0 atom stereocenters. The summed E-state index contributed by atoms with van der Waals surface area (Å²) in [6.45, 7) is 0.0661. The minimum absolute atomic E-state index is 0.0661. The highest BCUT2D eigenvalue weighted by molar-refractivity contribution is 7.54. The second kappa shape index (κ2) is 7.87. The lowest BCUT2D eigenvalue weighted by Gasteiger charge is -2.20. The Morgan fingerprint density at radius 2 is 1.29 bits per heavy atom.